The maximum absolute atomic E-state index is 11.8. The minimum absolute atomic E-state index is 0.0936. The summed E-state index contributed by atoms with van der Waals surface area (Å²) in [6.07, 6.45) is 5.47. The second-order valence-electron chi connectivity index (χ2n) is 5.35. The van der Waals surface area contributed by atoms with Crippen LogP contribution in [-0.4, -0.2) is 23.6 Å². The van der Waals surface area contributed by atoms with Crippen LogP contribution >= 0.6 is 0 Å². The van der Waals surface area contributed by atoms with Crippen molar-refractivity contribution in [2.24, 2.45) is 11.7 Å². The molecule has 4 heteroatoms. The molecule has 0 aromatic heterocycles. The summed E-state index contributed by atoms with van der Waals surface area (Å²) >= 11 is 0. The second kappa shape index (κ2) is 6.57. The van der Waals surface area contributed by atoms with Crippen molar-refractivity contribution in [3.63, 3.8) is 0 Å². The standard InChI is InChI=1S/C15H22N2O2/c16-14(10-12-5-7-13(18)8-6-12)15(19)17-9-1-2-11-3-4-11/h5-8,11,14,18H,1-4,9-10,16H2,(H,17,19)/t14-/m1/s1. The van der Waals surface area contributed by atoms with E-state index in [9.17, 15) is 9.90 Å². The maximum Gasteiger partial charge on any atom is 0.237 e. The van der Waals surface area contributed by atoms with Crippen LogP contribution in [0.3, 0.4) is 0 Å². The van der Waals surface area contributed by atoms with Gasteiger partial charge in [0.05, 0.1) is 6.04 Å². The fraction of sp³-hybridized carbons (Fsp3) is 0.533. The van der Waals surface area contributed by atoms with Gasteiger partial charge in [-0.3, -0.25) is 4.79 Å². The van der Waals surface area contributed by atoms with Crippen molar-refractivity contribution in [1.29, 1.82) is 0 Å². The lowest BCUT2D eigenvalue weighted by molar-refractivity contribution is -0.122. The van der Waals surface area contributed by atoms with E-state index in [-0.39, 0.29) is 11.7 Å². The monoisotopic (exact) mass is 262 g/mol. The van der Waals surface area contributed by atoms with Crippen molar-refractivity contribution in [1.82, 2.24) is 5.32 Å². The molecule has 0 radical (unpaired) electrons. The quantitative estimate of drug-likeness (QED) is 0.653. The normalized spacial score (nSPS) is 16.1. The first-order valence-corrected chi connectivity index (χ1v) is 6.96. The van der Waals surface area contributed by atoms with Gasteiger partial charge in [-0.1, -0.05) is 25.0 Å². The van der Waals surface area contributed by atoms with Crippen molar-refractivity contribution in [3.05, 3.63) is 29.8 Å². The van der Waals surface area contributed by atoms with Crippen molar-refractivity contribution >= 4 is 5.91 Å². The van der Waals surface area contributed by atoms with Crippen LogP contribution in [-0.2, 0) is 11.2 Å². The molecule has 1 aromatic rings. The topological polar surface area (TPSA) is 75.3 Å². The third-order valence-electron chi connectivity index (χ3n) is 3.51. The van der Waals surface area contributed by atoms with Crippen LogP contribution in [0.1, 0.15) is 31.2 Å². The number of nitrogens with one attached hydrogen (secondary N) is 1. The highest BCUT2D eigenvalue weighted by molar-refractivity contribution is 5.81. The van der Waals surface area contributed by atoms with E-state index in [1.165, 1.54) is 19.3 Å². The predicted octanol–water partition coefficient (Wildman–Crippen LogP) is 1.57. The van der Waals surface area contributed by atoms with Crippen LogP contribution in [0, 0.1) is 5.92 Å². The summed E-state index contributed by atoms with van der Waals surface area (Å²) in [5, 5.41) is 12.1. The van der Waals surface area contributed by atoms with Crippen molar-refractivity contribution in [2.45, 2.75) is 38.1 Å². The third kappa shape index (κ3) is 4.91. The lowest BCUT2D eigenvalue weighted by atomic mass is 10.1. The van der Waals surface area contributed by atoms with Crippen LogP contribution in [0.4, 0.5) is 0 Å². The third-order valence-corrected chi connectivity index (χ3v) is 3.51. The average Bonchev–Trinajstić information content (AvgIpc) is 3.21. The van der Waals surface area contributed by atoms with Gasteiger partial charge in [0.1, 0.15) is 5.75 Å². The predicted molar refractivity (Wildman–Crippen MR) is 74.8 cm³/mol. The fourth-order valence-corrected chi connectivity index (χ4v) is 2.12. The Labute approximate surface area is 114 Å². The summed E-state index contributed by atoms with van der Waals surface area (Å²) in [6, 6.07) is 6.27. The molecule has 1 amide bonds. The Kier molecular flexibility index (Phi) is 4.80. The van der Waals surface area contributed by atoms with Gasteiger partial charge in [0.15, 0.2) is 0 Å². The summed E-state index contributed by atoms with van der Waals surface area (Å²) in [4.78, 5) is 11.8. The van der Waals surface area contributed by atoms with Gasteiger partial charge in [0.2, 0.25) is 5.91 Å². The van der Waals surface area contributed by atoms with E-state index in [4.69, 9.17) is 5.73 Å². The van der Waals surface area contributed by atoms with Crippen LogP contribution < -0.4 is 11.1 Å². The molecule has 4 N–H and O–H groups in total. The van der Waals surface area contributed by atoms with Crippen LogP contribution in [0.5, 0.6) is 5.75 Å². The summed E-state index contributed by atoms with van der Waals surface area (Å²) < 4.78 is 0. The van der Waals surface area contributed by atoms with E-state index >= 15 is 0 Å². The molecule has 19 heavy (non-hydrogen) atoms. The van der Waals surface area contributed by atoms with Gasteiger partial charge in [0, 0.05) is 6.54 Å². The van der Waals surface area contributed by atoms with Crippen LogP contribution in [0.2, 0.25) is 0 Å². The number of hydrogen-bond acceptors (Lipinski definition) is 3. The van der Waals surface area contributed by atoms with E-state index in [0.717, 1.165) is 24.4 Å². The zero-order chi connectivity index (χ0) is 13.7. The number of benzene rings is 1. The molecule has 104 valence electrons. The van der Waals surface area contributed by atoms with Gasteiger partial charge < -0.3 is 16.2 Å². The first-order chi connectivity index (χ1) is 9.15. The largest absolute Gasteiger partial charge is 0.508 e. The summed E-state index contributed by atoms with van der Waals surface area (Å²) in [5.41, 5.74) is 6.82. The molecule has 1 aromatic carbocycles. The van der Waals surface area contributed by atoms with E-state index < -0.39 is 6.04 Å². The minimum atomic E-state index is -0.523. The Bertz CT molecular complexity index is 413. The van der Waals surface area contributed by atoms with Crippen LogP contribution in [0.25, 0.3) is 0 Å². The van der Waals surface area contributed by atoms with E-state index in [2.05, 4.69) is 5.32 Å². The molecule has 0 bridgehead atoms. The number of hydrogen-bond donors (Lipinski definition) is 3. The number of amides is 1. The molecule has 0 unspecified atom stereocenters. The molecule has 1 fully saturated rings. The fourth-order valence-electron chi connectivity index (χ4n) is 2.12. The Morgan fingerprint density at radius 1 is 1.37 bits per heavy atom. The van der Waals surface area contributed by atoms with Crippen molar-refractivity contribution in [3.8, 4) is 5.75 Å². The highest BCUT2D eigenvalue weighted by Crippen LogP contribution is 2.33. The molecular weight excluding hydrogens is 240 g/mol. The Morgan fingerprint density at radius 3 is 2.68 bits per heavy atom. The lowest BCUT2D eigenvalue weighted by Gasteiger charge is -2.12. The summed E-state index contributed by atoms with van der Waals surface area (Å²) in [7, 11) is 0. The molecule has 0 saturated heterocycles. The summed E-state index contributed by atoms with van der Waals surface area (Å²) in [5.74, 6) is 1.04. The average molecular weight is 262 g/mol. The zero-order valence-corrected chi connectivity index (χ0v) is 11.1. The molecule has 2 rings (SSSR count). The van der Waals surface area contributed by atoms with Crippen LogP contribution in [0.15, 0.2) is 24.3 Å². The molecular formula is C15H22N2O2. The van der Waals surface area contributed by atoms with E-state index in [0.29, 0.717) is 6.42 Å². The number of phenolic OH excluding ortho intramolecular Hbond substituents is 1. The molecule has 1 aliphatic carbocycles. The molecule has 1 saturated carbocycles. The number of phenols is 1. The molecule has 1 atom stereocenters. The molecule has 0 heterocycles. The summed E-state index contributed by atoms with van der Waals surface area (Å²) in [6.45, 7) is 0.721. The highest BCUT2D eigenvalue weighted by Gasteiger charge is 2.20. The number of rotatable bonds is 7. The second-order valence-corrected chi connectivity index (χ2v) is 5.35. The Morgan fingerprint density at radius 2 is 2.05 bits per heavy atom. The smallest absolute Gasteiger partial charge is 0.237 e. The molecule has 0 spiro atoms. The molecule has 1 aliphatic rings. The Hall–Kier alpha value is -1.55. The van der Waals surface area contributed by atoms with E-state index in [1.807, 2.05) is 0 Å². The van der Waals surface area contributed by atoms with Gasteiger partial charge in [0.25, 0.3) is 0 Å². The molecule has 0 aliphatic heterocycles. The maximum atomic E-state index is 11.8. The van der Waals surface area contributed by atoms with Crippen molar-refractivity contribution < 1.29 is 9.90 Å². The minimum Gasteiger partial charge on any atom is -0.508 e. The number of aromatic hydroxyl groups is 1. The van der Waals surface area contributed by atoms with Gasteiger partial charge in [-0.05, 0) is 42.9 Å². The van der Waals surface area contributed by atoms with Crippen molar-refractivity contribution in [2.75, 3.05) is 6.54 Å². The first-order valence-electron chi connectivity index (χ1n) is 6.96. The zero-order valence-electron chi connectivity index (χ0n) is 11.1. The van der Waals surface area contributed by atoms with Gasteiger partial charge >= 0.3 is 0 Å². The van der Waals surface area contributed by atoms with Gasteiger partial charge in [-0.25, -0.2) is 0 Å². The van der Waals surface area contributed by atoms with Gasteiger partial charge in [-0.2, -0.15) is 0 Å². The van der Waals surface area contributed by atoms with Gasteiger partial charge in [-0.15, -0.1) is 0 Å². The number of carbonyl (C=O) groups is 1. The Balaban J connectivity index is 1.67. The number of nitrogens with two attached hydrogens (primary N) is 1. The first kappa shape index (κ1) is 13.9. The molecule has 4 nitrogen and oxygen atoms in total. The van der Waals surface area contributed by atoms with E-state index in [1.54, 1.807) is 24.3 Å². The number of carbonyl (C=O) groups excluding carboxylic acids is 1. The highest BCUT2D eigenvalue weighted by atomic mass is 16.3. The SMILES string of the molecule is N[C@H](Cc1ccc(O)cc1)C(=O)NCCCC1CC1. The lowest BCUT2D eigenvalue weighted by Crippen LogP contribution is -2.42.